The van der Waals surface area contributed by atoms with Gasteiger partial charge in [-0.15, -0.1) is 0 Å². The Hall–Kier alpha value is -0.130. The van der Waals surface area contributed by atoms with Crippen LogP contribution < -0.4 is 5.32 Å². The Labute approximate surface area is 112 Å². The van der Waals surface area contributed by atoms with Crippen molar-refractivity contribution in [1.29, 1.82) is 0 Å². The molecule has 1 rings (SSSR count). The molecule has 108 valence electrons. The van der Waals surface area contributed by atoms with Crippen LogP contribution in [0.15, 0.2) is 0 Å². The SMILES string of the molecule is CC(C)C1CCCCC1NCCS(=O)(=O)N(C)C. The Morgan fingerprint density at radius 2 is 1.83 bits per heavy atom. The molecule has 0 radical (unpaired) electrons. The van der Waals surface area contributed by atoms with Gasteiger partial charge in [-0.1, -0.05) is 26.7 Å². The van der Waals surface area contributed by atoms with Crippen molar-refractivity contribution < 1.29 is 8.42 Å². The van der Waals surface area contributed by atoms with Crippen molar-refractivity contribution in [3.8, 4) is 0 Å². The highest BCUT2D eigenvalue weighted by Crippen LogP contribution is 2.29. The van der Waals surface area contributed by atoms with Crippen LogP contribution in [-0.2, 0) is 10.0 Å². The standard InChI is InChI=1S/C13H28N2O2S/c1-11(2)12-7-5-6-8-13(12)14-9-10-18(16,17)15(3)4/h11-14H,5-10H2,1-4H3. The zero-order valence-electron chi connectivity index (χ0n) is 12.1. The summed E-state index contributed by atoms with van der Waals surface area (Å²) >= 11 is 0. The molecule has 0 aromatic carbocycles. The van der Waals surface area contributed by atoms with Crippen molar-refractivity contribution in [2.24, 2.45) is 11.8 Å². The van der Waals surface area contributed by atoms with E-state index in [2.05, 4.69) is 19.2 Å². The van der Waals surface area contributed by atoms with Crippen LogP contribution in [0.5, 0.6) is 0 Å². The van der Waals surface area contributed by atoms with E-state index >= 15 is 0 Å². The van der Waals surface area contributed by atoms with E-state index in [0.29, 0.717) is 24.4 Å². The molecule has 0 bridgehead atoms. The van der Waals surface area contributed by atoms with E-state index in [4.69, 9.17) is 0 Å². The summed E-state index contributed by atoms with van der Waals surface area (Å²) in [5, 5.41) is 3.46. The molecule has 0 aliphatic heterocycles. The zero-order chi connectivity index (χ0) is 13.8. The summed E-state index contributed by atoms with van der Waals surface area (Å²) in [6.07, 6.45) is 5.04. The normalized spacial score (nSPS) is 25.9. The summed E-state index contributed by atoms with van der Waals surface area (Å²) in [7, 11) is 0.114. The van der Waals surface area contributed by atoms with Crippen molar-refractivity contribution in [2.45, 2.75) is 45.6 Å². The third-order valence-electron chi connectivity index (χ3n) is 4.00. The van der Waals surface area contributed by atoms with Crippen LogP contribution >= 0.6 is 0 Å². The van der Waals surface area contributed by atoms with Gasteiger partial charge in [0, 0.05) is 26.7 Å². The van der Waals surface area contributed by atoms with Crippen LogP contribution in [0.4, 0.5) is 0 Å². The lowest BCUT2D eigenvalue weighted by Gasteiger charge is -2.35. The van der Waals surface area contributed by atoms with E-state index < -0.39 is 10.0 Å². The average Bonchev–Trinajstić information content (AvgIpc) is 2.29. The smallest absolute Gasteiger partial charge is 0.214 e. The molecule has 1 saturated carbocycles. The minimum absolute atomic E-state index is 0.196. The van der Waals surface area contributed by atoms with E-state index in [-0.39, 0.29) is 5.75 Å². The van der Waals surface area contributed by atoms with E-state index in [1.807, 2.05) is 0 Å². The van der Waals surface area contributed by atoms with Gasteiger partial charge in [0.2, 0.25) is 10.0 Å². The maximum atomic E-state index is 11.7. The lowest BCUT2D eigenvalue weighted by molar-refractivity contribution is 0.208. The Morgan fingerprint density at radius 3 is 2.39 bits per heavy atom. The van der Waals surface area contributed by atoms with Gasteiger partial charge in [0.1, 0.15) is 0 Å². The van der Waals surface area contributed by atoms with E-state index in [1.165, 1.54) is 30.0 Å². The van der Waals surface area contributed by atoms with Crippen LogP contribution in [0.25, 0.3) is 0 Å². The van der Waals surface area contributed by atoms with Crippen molar-refractivity contribution in [2.75, 3.05) is 26.4 Å². The molecule has 4 nitrogen and oxygen atoms in total. The number of nitrogens with zero attached hydrogens (tertiary/aromatic N) is 1. The maximum absolute atomic E-state index is 11.7. The molecule has 1 aliphatic carbocycles. The maximum Gasteiger partial charge on any atom is 0.214 e. The molecule has 0 spiro atoms. The number of rotatable bonds is 6. The molecule has 0 heterocycles. The summed E-state index contributed by atoms with van der Waals surface area (Å²) in [6.45, 7) is 5.09. The zero-order valence-corrected chi connectivity index (χ0v) is 13.0. The summed E-state index contributed by atoms with van der Waals surface area (Å²) in [5.41, 5.74) is 0. The second kappa shape index (κ2) is 6.87. The van der Waals surface area contributed by atoms with Crippen LogP contribution in [0.3, 0.4) is 0 Å². The van der Waals surface area contributed by atoms with Gasteiger partial charge in [0.15, 0.2) is 0 Å². The number of hydrogen-bond donors (Lipinski definition) is 1. The van der Waals surface area contributed by atoms with Gasteiger partial charge in [-0.25, -0.2) is 12.7 Å². The first-order valence-corrected chi connectivity index (χ1v) is 8.59. The van der Waals surface area contributed by atoms with Crippen LogP contribution in [0.2, 0.25) is 0 Å². The van der Waals surface area contributed by atoms with E-state index in [9.17, 15) is 8.42 Å². The van der Waals surface area contributed by atoms with Crippen LogP contribution in [0, 0.1) is 11.8 Å². The fourth-order valence-corrected chi connectivity index (χ4v) is 3.51. The van der Waals surface area contributed by atoms with Gasteiger partial charge in [-0.3, -0.25) is 0 Å². The van der Waals surface area contributed by atoms with Gasteiger partial charge in [0.25, 0.3) is 0 Å². The molecule has 0 amide bonds. The topological polar surface area (TPSA) is 49.4 Å². The molecule has 1 fully saturated rings. The lowest BCUT2D eigenvalue weighted by atomic mass is 9.78. The highest BCUT2D eigenvalue weighted by Gasteiger charge is 2.27. The molecule has 5 heteroatoms. The quantitative estimate of drug-likeness (QED) is 0.803. The molecule has 0 aromatic heterocycles. The van der Waals surface area contributed by atoms with Gasteiger partial charge in [-0.2, -0.15) is 0 Å². The molecule has 1 N–H and O–H groups in total. The molecule has 2 unspecified atom stereocenters. The first-order valence-electron chi connectivity index (χ1n) is 6.98. The van der Waals surface area contributed by atoms with Crippen molar-refractivity contribution in [1.82, 2.24) is 9.62 Å². The third kappa shape index (κ3) is 4.52. The molecule has 1 aliphatic rings. The third-order valence-corrected chi connectivity index (χ3v) is 5.83. The van der Waals surface area contributed by atoms with E-state index in [0.717, 1.165) is 0 Å². The Kier molecular flexibility index (Phi) is 6.08. The van der Waals surface area contributed by atoms with Crippen LogP contribution in [0.1, 0.15) is 39.5 Å². The summed E-state index contributed by atoms with van der Waals surface area (Å²) in [6, 6.07) is 0.496. The molecular weight excluding hydrogens is 248 g/mol. The fraction of sp³-hybridized carbons (Fsp3) is 1.00. The Bertz CT molecular complexity index is 339. The predicted octanol–water partition coefficient (Wildman–Crippen LogP) is 1.68. The highest BCUT2D eigenvalue weighted by atomic mass is 32.2. The van der Waals surface area contributed by atoms with Gasteiger partial charge < -0.3 is 5.32 Å². The Balaban J connectivity index is 2.42. The average molecular weight is 276 g/mol. The number of sulfonamides is 1. The van der Waals surface area contributed by atoms with Crippen molar-refractivity contribution in [3.05, 3.63) is 0 Å². The molecule has 2 atom stereocenters. The van der Waals surface area contributed by atoms with Crippen molar-refractivity contribution >= 4 is 10.0 Å². The van der Waals surface area contributed by atoms with Crippen molar-refractivity contribution in [3.63, 3.8) is 0 Å². The fourth-order valence-electron chi connectivity index (χ4n) is 2.77. The molecular formula is C13H28N2O2S. The van der Waals surface area contributed by atoms with E-state index in [1.54, 1.807) is 14.1 Å². The number of hydrogen-bond acceptors (Lipinski definition) is 3. The molecule has 18 heavy (non-hydrogen) atoms. The number of nitrogens with one attached hydrogen (secondary N) is 1. The highest BCUT2D eigenvalue weighted by molar-refractivity contribution is 7.89. The predicted molar refractivity (Wildman–Crippen MR) is 76.1 cm³/mol. The first kappa shape index (κ1) is 15.9. The second-order valence-electron chi connectivity index (χ2n) is 5.85. The first-order chi connectivity index (χ1) is 8.34. The monoisotopic (exact) mass is 276 g/mol. The van der Waals surface area contributed by atoms with Crippen LogP contribution in [-0.4, -0.2) is 45.2 Å². The van der Waals surface area contributed by atoms with Gasteiger partial charge in [-0.05, 0) is 24.7 Å². The van der Waals surface area contributed by atoms with Gasteiger partial charge in [0.05, 0.1) is 5.75 Å². The second-order valence-corrected chi connectivity index (χ2v) is 8.15. The van der Waals surface area contributed by atoms with Gasteiger partial charge >= 0.3 is 0 Å². The minimum atomic E-state index is -3.07. The summed E-state index contributed by atoms with van der Waals surface area (Å²) in [4.78, 5) is 0. The summed E-state index contributed by atoms with van der Waals surface area (Å²) < 4.78 is 24.6. The summed E-state index contributed by atoms with van der Waals surface area (Å²) in [5.74, 6) is 1.57. The molecule has 0 aromatic rings. The largest absolute Gasteiger partial charge is 0.313 e. The minimum Gasteiger partial charge on any atom is -0.313 e. The lowest BCUT2D eigenvalue weighted by Crippen LogP contribution is -2.43. The molecule has 0 saturated heterocycles. The Morgan fingerprint density at radius 1 is 1.22 bits per heavy atom.